The Labute approximate surface area is 155 Å². The topological polar surface area (TPSA) is 0 Å². The number of fused-ring (bicyclic) bond motifs is 2. The van der Waals surface area contributed by atoms with Gasteiger partial charge in [0.15, 0.2) is 0 Å². The standard InChI is InChI=1S/C19H13.3CH3.Pt/c1-2-6-14(5-1)17-9-10-18-11-15-7-3-4-8-16(15)12-19(18)13-17;;;;/h1,3-5,7-13H,2H2;3*1H3;/q4*-1;+4. The maximum atomic E-state index is 3.38. The Morgan fingerprint density at radius 1 is 0.696 bits per heavy atom. The van der Waals surface area contributed by atoms with E-state index in [1.165, 1.54) is 32.7 Å². The zero-order valence-electron chi connectivity index (χ0n) is 13.9. The van der Waals surface area contributed by atoms with E-state index in [-0.39, 0.29) is 43.3 Å². The molecule has 120 valence electrons. The molecule has 0 amide bonds. The van der Waals surface area contributed by atoms with Crippen LogP contribution in [0.25, 0.3) is 27.1 Å². The average Bonchev–Trinajstić information content (AvgIpc) is 2.98. The minimum absolute atomic E-state index is 0. The maximum absolute atomic E-state index is 3.38. The molecule has 0 heterocycles. The van der Waals surface area contributed by atoms with Crippen LogP contribution in [0.5, 0.6) is 0 Å². The van der Waals surface area contributed by atoms with Crippen molar-refractivity contribution >= 4 is 27.1 Å². The van der Waals surface area contributed by atoms with Crippen LogP contribution in [-0.2, 0) is 21.1 Å². The quantitative estimate of drug-likeness (QED) is 0.275. The van der Waals surface area contributed by atoms with Crippen molar-refractivity contribution in [2.24, 2.45) is 0 Å². The van der Waals surface area contributed by atoms with Crippen LogP contribution in [-0.4, -0.2) is 0 Å². The summed E-state index contributed by atoms with van der Waals surface area (Å²) in [6, 6.07) is 19.7. The first-order valence-corrected chi connectivity index (χ1v) is 6.60. The Balaban J connectivity index is 0.00000121. The van der Waals surface area contributed by atoms with Crippen LogP contribution < -0.4 is 0 Å². The molecule has 0 bridgehead atoms. The van der Waals surface area contributed by atoms with Gasteiger partial charge in [-0.1, -0.05) is 36.8 Å². The molecular formula is C22H22Pt. The van der Waals surface area contributed by atoms with E-state index in [1.54, 1.807) is 0 Å². The second kappa shape index (κ2) is 8.84. The summed E-state index contributed by atoms with van der Waals surface area (Å²) in [5.41, 5.74) is 2.48. The van der Waals surface area contributed by atoms with Gasteiger partial charge in [-0.05, 0) is 33.7 Å². The Hall–Kier alpha value is -1.65. The molecule has 3 aromatic rings. The molecule has 1 aliphatic carbocycles. The number of benzene rings is 3. The number of rotatable bonds is 1. The van der Waals surface area contributed by atoms with Crippen LogP contribution in [0.15, 0.2) is 66.7 Å². The third kappa shape index (κ3) is 4.01. The molecule has 3 aromatic carbocycles. The van der Waals surface area contributed by atoms with Crippen LogP contribution in [0.1, 0.15) is 12.0 Å². The SMILES string of the molecule is [C-]1=C(c2ccc3cc4ccccc4cc3c2)C=CC1.[CH3-].[CH3-].[CH3-].[Pt+4]. The van der Waals surface area contributed by atoms with Crippen molar-refractivity contribution in [1.29, 1.82) is 0 Å². The van der Waals surface area contributed by atoms with E-state index >= 15 is 0 Å². The summed E-state index contributed by atoms with van der Waals surface area (Å²) < 4.78 is 0. The smallest absolute Gasteiger partial charge is 0.358 e. The fourth-order valence-corrected chi connectivity index (χ4v) is 2.71. The van der Waals surface area contributed by atoms with Gasteiger partial charge in [-0.25, -0.2) is 0 Å². The summed E-state index contributed by atoms with van der Waals surface area (Å²) in [5, 5.41) is 5.19. The van der Waals surface area contributed by atoms with Crippen molar-refractivity contribution in [1.82, 2.24) is 0 Å². The van der Waals surface area contributed by atoms with Crippen molar-refractivity contribution in [2.75, 3.05) is 0 Å². The van der Waals surface area contributed by atoms with Gasteiger partial charge in [0.2, 0.25) is 0 Å². The molecule has 0 spiro atoms. The molecular weight excluding hydrogens is 459 g/mol. The zero-order valence-corrected chi connectivity index (χ0v) is 16.1. The molecule has 23 heavy (non-hydrogen) atoms. The van der Waals surface area contributed by atoms with E-state index < -0.39 is 0 Å². The molecule has 4 rings (SSSR count). The van der Waals surface area contributed by atoms with Crippen molar-refractivity contribution < 1.29 is 21.1 Å². The number of hydrogen-bond acceptors (Lipinski definition) is 0. The fourth-order valence-electron chi connectivity index (χ4n) is 2.71. The van der Waals surface area contributed by atoms with E-state index in [4.69, 9.17) is 0 Å². The fraction of sp³-hybridized carbons (Fsp3) is 0.0455. The molecule has 0 saturated heterocycles. The third-order valence-electron chi connectivity index (χ3n) is 3.71. The Bertz CT molecular complexity index is 841. The van der Waals surface area contributed by atoms with E-state index in [0.717, 1.165) is 6.42 Å². The minimum Gasteiger partial charge on any atom is -0.358 e. The second-order valence-electron chi connectivity index (χ2n) is 4.96. The van der Waals surface area contributed by atoms with Crippen molar-refractivity contribution in [2.45, 2.75) is 6.42 Å². The van der Waals surface area contributed by atoms with E-state index in [2.05, 4.69) is 72.8 Å². The molecule has 1 aliphatic rings. The van der Waals surface area contributed by atoms with Crippen LogP contribution in [0.3, 0.4) is 0 Å². The van der Waals surface area contributed by atoms with Crippen LogP contribution >= 0.6 is 0 Å². The summed E-state index contributed by atoms with van der Waals surface area (Å²) >= 11 is 0. The summed E-state index contributed by atoms with van der Waals surface area (Å²) in [4.78, 5) is 0. The first-order valence-electron chi connectivity index (χ1n) is 6.60. The predicted molar refractivity (Wildman–Crippen MR) is 101 cm³/mol. The zero-order chi connectivity index (χ0) is 12.7. The third-order valence-corrected chi connectivity index (χ3v) is 3.71. The van der Waals surface area contributed by atoms with Crippen molar-refractivity contribution in [3.8, 4) is 0 Å². The van der Waals surface area contributed by atoms with E-state index in [1.807, 2.05) is 0 Å². The van der Waals surface area contributed by atoms with Crippen molar-refractivity contribution in [3.05, 3.63) is 101 Å². The molecule has 0 aliphatic heterocycles. The summed E-state index contributed by atoms with van der Waals surface area (Å²) in [6.07, 6.45) is 8.62. The Morgan fingerprint density at radius 2 is 1.30 bits per heavy atom. The van der Waals surface area contributed by atoms with Gasteiger partial charge in [0, 0.05) is 0 Å². The van der Waals surface area contributed by atoms with Gasteiger partial charge >= 0.3 is 21.1 Å². The molecule has 1 heteroatoms. The van der Waals surface area contributed by atoms with Gasteiger partial charge in [0.05, 0.1) is 0 Å². The van der Waals surface area contributed by atoms with Gasteiger partial charge in [-0.15, -0.1) is 23.8 Å². The van der Waals surface area contributed by atoms with Gasteiger partial charge in [-0.2, -0.15) is 17.7 Å². The molecule has 0 nitrogen and oxygen atoms in total. The molecule has 0 unspecified atom stereocenters. The first-order chi connectivity index (χ1) is 9.40. The maximum Gasteiger partial charge on any atom is 4.00 e. The molecule has 0 N–H and O–H groups in total. The van der Waals surface area contributed by atoms with Gasteiger partial charge in [-0.3, -0.25) is 0 Å². The monoisotopic (exact) mass is 481 g/mol. The summed E-state index contributed by atoms with van der Waals surface area (Å²) in [7, 11) is 0. The molecule has 0 fully saturated rings. The molecule has 0 radical (unpaired) electrons. The second-order valence-corrected chi connectivity index (χ2v) is 4.96. The van der Waals surface area contributed by atoms with Crippen LogP contribution in [0.2, 0.25) is 0 Å². The number of allylic oxidation sites excluding steroid dienone is 4. The molecule has 0 saturated carbocycles. The molecule has 0 atom stereocenters. The summed E-state index contributed by atoms with van der Waals surface area (Å²) in [6.45, 7) is 0. The van der Waals surface area contributed by atoms with Gasteiger partial charge < -0.3 is 22.3 Å². The predicted octanol–water partition coefficient (Wildman–Crippen LogP) is 6.49. The summed E-state index contributed by atoms with van der Waals surface area (Å²) in [5.74, 6) is 0. The van der Waals surface area contributed by atoms with Gasteiger partial charge in [0.25, 0.3) is 0 Å². The molecule has 0 aromatic heterocycles. The van der Waals surface area contributed by atoms with Gasteiger partial charge in [0.1, 0.15) is 0 Å². The Kier molecular flexibility index (Phi) is 8.21. The minimum atomic E-state index is 0. The van der Waals surface area contributed by atoms with E-state index in [0.29, 0.717) is 0 Å². The largest absolute Gasteiger partial charge is 4.00 e. The first kappa shape index (κ1) is 21.3. The van der Waals surface area contributed by atoms with Crippen LogP contribution in [0, 0.1) is 28.4 Å². The Morgan fingerprint density at radius 3 is 1.91 bits per heavy atom. The van der Waals surface area contributed by atoms with E-state index in [9.17, 15) is 0 Å². The van der Waals surface area contributed by atoms with Crippen LogP contribution in [0.4, 0.5) is 0 Å². The normalized spacial score (nSPS) is 11.7. The number of hydrogen-bond donors (Lipinski definition) is 0. The average molecular weight is 481 g/mol. The van der Waals surface area contributed by atoms with Crippen molar-refractivity contribution in [3.63, 3.8) is 0 Å².